The molecular weight excluding hydrogens is 244 g/mol. The highest BCUT2D eigenvalue weighted by molar-refractivity contribution is 6.17. The average Bonchev–Trinajstić information content (AvgIpc) is 2.35. The van der Waals surface area contributed by atoms with E-state index in [4.69, 9.17) is 11.6 Å². The van der Waals surface area contributed by atoms with Crippen LogP contribution in [0.3, 0.4) is 0 Å². The molecule has 0 spiro atoms. The maximum Gasteiger partial charge on any atom is 0.285 e. The van der Waals surface area contributed by atoms with Crippen molar-refractivity contribution in [1.29, 1.82) is 0 Å². The van der Waals surface area contributed by atoms with Gasteiger partial charge >= 0.3 is 0 Å². The Morgan fingerprint density at radius 2 is 1.94 bits per heavy atom. The molecule has 0 amide bonds. The normalized spacial score (nSPS) is 13.6. The topological polar surface area (TPSA) is 12.0 Å². The smallest absolute Gasteiger partial charge is 0.285 e. The summed E-state index contributed by atoms with van der Waals surface area (Å²) in [7, 11) is 0. The lowest BCUT2D eigenvalue weighted by Gasteiger charge is -2.22. The molecule has 0 saturated heterocycles. The van der Waals surface area contributed by atoms with Crippen LogP contribution in [0, 0.1) is 0 Å². The quantitative estimate of drug-likeness (QED) is 0.737. The van der Waals surface area contributed by atoms with E-state index < -0.39 is 5.92 Å². The Bertz CT molecular complexity index is 316. The SMILES string of the molecule is CCC(CCCl)NCC(F)(F)c1ccccc1. The van der Waals surface area contributed by atoms with Crippen molar-refractivity contribution >= 4 is 11.6 Å². The molecule has 0 radical (unpaired) electrons. The zero-order chi connectivity index (χ0) is 12.7. The first kappa shape index (κ1) is 14.4. The molecule has 1 N–H and O–H groups in total. The molecule has 96 valence electrons. The van der Waals surface area contributed by atoms with Crippen molar-refractivity contribution in [1.82, 2.24) is 5.32 Å². The maximum absolute atomic E-state index is 13.8. The van der Waals surface area contributed by atoms with Gasteiger partial charge in [-0.15, -0.1) is 11.6 Å². The second kappa shape index (κ2) is 6.92. The lowest BCUT2D eigenvalue weighted by molar-refractivity contribution is -0.00592. The lowest BCUT2D eigenvalue weighted by Crippen LogP contribution is -2.37. The molecule has 4 heteroatoms. The Morgan fingerprint density at radius 3 is 2.47 bits per heavy atom. The van der Waals surface area contributed by atoms with Crippen LogP contribution in [0.1, 0.15) is 25.3 Å². The summed E-state index contributed by atoms with van der Waals surface area (Å²) in [6.07, 6.45) is 1.51. The highest BCUT2D eigenvalue weighted by atomic mass is 35.5. The first-order valence-corrected chi connectivity index (χ1v) is 6.36. The Labute approximate surface area is 106 Å². The number of halogens is 3. The van der Waals surface area contributed by atoms with Crippen LogP contribution in [0.5, 0.6) is 0 Å². The van der Waals surface area contributed by atoms with Crippen LogP contribution >= 0.6 is 11.6 Å². The molecule has 1 rings (SSSR count). The van der Waals surface area contributed by atoms with Gasteiger partial charge in [0.15, 0.2) is 0 Å². The third-order valence-corrected chi connectivity index (χ3v) is 2.98. The predicted octanol–water partition coefficient (Wildman–Crippen LogP) is 3.78. The lowest BCUT2D eigenvalue weighted by atomic mass is 10.1. The molecule has 17 heavy (non-hydrogen) atoms. The Morgan fingerprint density at radius 1 is 1.29 bits per heavy atom. The minimum absolute atomic E-state index is 0.0493. The van der Waals surface area contributed by atoms with Gasteiger partial charge in [-0.2, -0.15) is 8.78 Å². The fraction of sp³-hybridized carbons (Fsp3) is 0.538. The van der Waals surface area contributed by atoms with Crippen LogP contribution in [0.25, 0.3) is 0 Å². The molecule has 0 saturated carbocycles. The standard InChI is InChI=1S/C13H18ClF2N/c1-2-12(8-9-14)17-10-13(15,16)11-6-4-3-5-7-11/h3-7,12,17H,2,8-10H2,1H3. The molecule has 0 fully saturated rings. The van der Waals surface area contributed by atoms with Gasteiger partial charge in [0.1, 0.15) is 0 Å². The largest absolute Gasteiger partial charge is 0.308 e. The minimum atomic E-state index is -2.83. The zero-order valence-electron chi connectivity index (χ0n) is 9.93. The number of nitrogens with one attached hydrogen (secondary N) is 1. The second-order valence-electron chi connectivity index (χ2n) is 4.03. The summed E-state index contributed by atoms with van der Waals surface area (Å²) in [6, 6.07) is 7.93. The molecule has 1 atom stereocenters. The van der Waals surface area contributed by atoms with E-state index in [1.807, 2.05) is 6.92 Å². The van der Waals surface area contributed by atoms with Crippen LogP contribution in [0.4, 0.5) is 8.78 Å². The van der Waals surface area contributed by atoms with Crippen molar-refractivity contribution in [3.63, 3.8) is 0 Å². The van der Waals surface area contributed by atoms with Gasteiger partial charge in [-0.05, 0) is 12.8 Å². The van der Waals surface area contributed by atoms with E-state index in [1.54, 1.807) is 18.2 Å². The fourth-order valence-electron chi connectivity index (χ4n) is 1.64. The van der Waals surface area contributed by atoms with Gasteiger partial charge in [0.25, 0.3) is 5.92 Å². The maximum atomic E-state index is 13.8. The van der Waals surface area contributed by atoms with E-state index in [0.717, 1.165) is 6.42 Å². The molecule has 1 nitrogen and oxygen atoms in total. The molecule has 1 aromatic rings. The first-order valence-electron chi connectivity index (χ1n) is 5.83. The number of hydrogen-bond acceptors (Lipinski definition) is 1. The molecule has 0 aliphatic carbocycles. The fourth-order valence-corrected chi connectivity index (χ4v) is 1.90. The van der Waals surface area contributed by atoms with Crippen LogP contribution < -0.4 is 5.32 Å². The summed E-state index contributed by atoms with van der Waals surface area (Å²) >= 11 is 5.61. The Kier molecular flexibility index (Phi) is 5.86. The summed E-state index contributed by atoms with van der Waals surface area (Å²) in [6.45, 7) is 1.62. The van der Waals surface area contributed by atoms with E-state index in [9.17, 15) is 8.78 Å². The Balaban J connectivity index is 2.55. The number of hydrogen-bond donors (Lipinski definition) is 1. The molecular formula is C13H18ClF2N. The van der Waals surface area contributed by atoms with Crippen molar-refractivity contribution in [2.45, 2.75) is 31.7 Å². The molecule has 0 aliphatic heterocycles. The van der Waals surface area contributed by atoms with Gasteiger partial charge in [-0.1, -0.05) is 37.3 Å². The van der Waals surface area contributed by atoms with E-state index in [2.05, 4.69) is 5.32 Å². The molecule has 0 aliphatic rings. The van der Waals surface area contributed by atoms with E-state index in [-0.39, 0.29) is 18.2 Å². The van der Waals surface area contributed by atoms with Gasteiger partial charge in [0, 0.05) is 17.5 Å². The highest BCUT2D eigenvalue weighted by Crippen LogP contribution is 2.26. The van der Waals surface area contributed by atoms with Gasteiger partial charge in [0.05, 0.1) is 6.54 Å². The molecule has 0 heterocycles. The second-order valence-corrected chi connectivity index (χ2v) is 4.41. The highest BCUT2D eigenvalue weighted by Gasteiger charge is 2.31. The van der Waals surface area contributed by atoms with Crippen LogP contribution in [0.2, 0.25) is 0 Å². The predicted molar refractivity (Wildman–Crippen MR) is 67.8 cm³/mol. The van der Waals surface area contributed by atoms with Crippen LogP contribution in [0.15, 0.2) is 30.3 Å². The molecule has 0 bridgehead atoms. The summed E-state index contributed by atoms with van der Waals surface area (Å²) in [4.78, 5) is 0. The van der Waals surface area contributed by atoms with Crippen molar-refractivity contribution in [2.75, 3.05) is 12.4 Å². The summed E-state index contributed by atoms with van der Waals surface area (Å²) in [5, 5.41) is 2.87. The van der Waals surface area contributed by atoms with E-state index >= 15 is 0 Å². The number of rotatable bonds is 7. The van der Waals surface area contributed by atoms with Gasteiger partial charge < -0.3 is 5.32 Å². The third kappa shape index (κ3) is 4.60. The molecule has 0 aromatic heterocycles. The Hall–Kier alpha value is -0.670. The van der Waals surface area contributed by atoms with Crippen molar-refractivity contribution < 1.29 is 8.78 Å². The van der Waals surface area contributed by atoms with Crippen molar-refractivity contribution in [3.05, 3.63) is 35.9 Å². The summed E-state index contributed by atoms with van der Waals surface area (Å²) in [5.74, 6) is -2.34. The van der Waals surface area contributed by atoms with Crippen molar-refractivity contribution in [2.24, 2.45) is 0 Å². The van der Waals surface area contributed by atoms with E-state index in [0.29, 0.717) is 12.3 Å². The van der Waals surface area contributed by atoms with Gasteiger partial charge in [0.2, 0.25) is 0 Å². The summed E-state index contributed by atoms with van der Waals surface area (Å²) < 4.78 is 27.6. The number of alkyl halides is 3. The van der Waals surface area contributed by atoms with Crippen molar-refractivity contribution in [3.8, 4) is 0 Å². The minimum Gasteiger partial charge on any atom is -0.308 e. The summed E-state index contributed by atoms with van der Waals surface area (Å²) in [5.41, 5.74) is 0.0493. The first-order chi connectivity index (χ1) is 8.10. The molecule has 1 aromatic carbocycles. The monoisotopic (exact) mass is 261 g/mol. The van der Waals surface area contributed by atoms with Crippen LogP contribution in [-0.2, 0) is 5.92 Å². The van der Waals surface area contributed by atoms with Gasteiger partial charge in [-0.3, -0.25) is 0 Å². The molecule has 1 unspecified atom stereocenters. The van der Waals surface area contributed by atoms with E-state index in [1.165, 1.54) is 12.1 Å². The third-order valence-electron chi connectivity index (χ3n) is 2.76. The van der Waals surface area contributed by atoms with Gasteiger partial charge in [-0.25, -0.2) is 0 Å². The van der Waals surface area contributed by atoms with Crippen LogP contribution in [-0.4, -0.2) is 18.5 Å². The average molecular weight is 262 g/mol. The number of benzene rings is 1. The zero-order valence-corrected chi connectivity index (χ0v) is 10.7.